The van der Waals surface area contributed by atoms with Crippen LogP contribution in [-0.2, 0) is 65.7 Å². The van der Waals surface area contributed by atoms with Crippen LogP contribution in [0.3, 0.4) is 0 Å². The number of hydrogen-bond donors (Lipinski definition) is 20. The minimum Gasteiger partial charge on any atom is -0.508 e. The fourth-order valence-corrected chi connectivity index (χ4v) is 15.8. The van der Waals surface area contributed by atoms with Gasteiger partial charge < -0.3 is 138 Å². The van der Waals surface area contributed by atoms with Gasteiger partial charge in [0.1, 0.15) is 108 Å². The predicted molar refractivity (Wildman–Crippen MR) is 443 cm³/mol. The SMILES string of the molecule is CN[C@H](CC(C)C)C(=O)N[C@H]1C(=O)N[C@@H](CC(N)=O)C(=O)N[C@H]2C(=O)NC3C(=O)N[C@H](C(=O)N[C@H](C(=O)NCCCCN)c4cc(O)cc(O)c4-c4cc3ccc4O)[C@H](O)c3ccc(c(Cl)c3)Oc3cc2cc(c3OC2OC(CO)C(O)C(O)C2OC2CC(C)(NCc3ccc(OCc4ccc(Cl)c(Cl)c4)cc3)C(O)C(C)O2)Oc2ccc(cc2Cl)[C@H]1O. The van der Waals surface area contributed by atoms with E-state index < -0.39 is 220 Å². The quantitative estimate of drug-likeness (QED) is 0.0389. The molecular weight excluding hydrogens is 1690 g/mol. The number of halogens is 4. The Balaban J connectivity index is 1.02. The lowest BCUT2D eigenvalue weighted by Gasteiger charge is -2.48. The monoisotopic (exact) mass is 1780 g/mol. The van der Waals surface area contributed by atoms with Crippen LogP contribution >= 0.6 is 46.4 Å². The van der Waals surface area contributed by atoms with Gasteiger partial charge in [-0.3, -0.25) is 38.4 Å². The van der Waals surface area contributed by atoms with Gasteiger partial charge in [-0.05, 0) is 170 Å². The Morgan fingerprint density at radius 1 is 0.659 bits per heavy atom. The molecule has 658 valence electrons. The molecule has 0 aromatic heterocycles. The first-order chi connectivity index (χ1) is 58.5. The number of ether oxygens (including phenoxy) is 7. The minimum absolute atomic E-state index is 0.0294. The number of aromatic hydroxyl groups is 3. The van der Waals surface area contributed by atoms with Crippen molar-refractivity contribution in [2.75, 3.05) is 26.7 Å². The van der Waals surface area contributed by atoms with Crippen LogP contribution in [0.5, 0.6) is 51.7 Å². The van der Waals surface area contributed by atoms with Gasteiger partial charge in [0, 0.05) is 42.2 Å². The summed E-state index contributed by atoms with van der Waals surface area (Å²) in [5.41, 5.74) is 9.47. The number of nitrogens with one attached hydrogen (secondary N) is 9. The first kappa shape index (κ1) is 91.8. The lowest BCUT2D eigenvalue weighted by atomic mass is 9.84. The summed E-state index contributed by atoms with van der Waals surface area (Å²) in [6.45, 7) is 6.48. The summed E-state index contributed by atoms with van der Waals surface area (Å²) in [4.78, 5) is 120. The molecule has 18 atom stereocenters. The van der Waals surface area contributed by atoms with Crippen LogP contribution in [0, 0.1) is 5.92 Å². The van der Waals surface area contributed by atoms with Crippen LogP contribution < -0.4 is 78.3 Å². The standard InChI is InChI=1S/C84H95Cl4N11O24/c1-36(2)22-52(91-5)76(110)98-67-69(105)41-12-18-56(50(87)25-41)119-58-27-43-28-59(73(58)123-83-74(72(108)71(107)60(34-100)121-83)122-62-32-84(4,75(109)37(3)118-62)93-33-38-8-14-45(15-9-38)117-35-39-10-16-48(85)49(86)23-39)120-57-19-13-42(26-51(57)88)70(106)68-82(116)97-66(78(112)92-21-7-6-20-89)47-29-44(101)30-55(103)63(47)46-24-40(11-17-54(46)102)64(79(113)99-68)96-80(114)65(43)95-77(111)53(31-61(90)104)94-81(67)115/h8-19,23-30,36-37,52-53,60,62,64-72,74-75,83,91,93,100-103,105-109H,6-7,20-22,31-35,89H2,1-5H3,(H2,90,104)(H,92,112)(H,94,115)(H,95,111)(H,96,114)(H,97,116)(H,98,110)(H,99,113)/t37?,52-,53+,60?,62?,64?,65-,66+,67-,68+,69-,70-,71?,72?,74?,75?,83?,84?/m1/s1. The van der Waals surface area contributed by atoms with Gasteiger partial charge in [0.25, 0.3) is 0 Å². The molecule has 0 aliphatic carbocycles. The molecule has 7 aromatic rings. The molecule has 22 N–H and O–H groups in total. The molecule has 2 saturated heterocycles. The minimum atomic E-state index is -2.36. The molecule has 7 aliphatic rings. The highest BCUT2D eigenvalue weighted by Crippen LogP contribution is 2.50. The van der Waals surface area contributed by atoms with Crippen molar-refractivity contribution in [3.63, 3.8) is 0 Å². The molecule has 8 amide bonds. The number of likely N-dealkylation sites (N-methyl/N-ethyl adjacent to an activating group) is 1. The maximum atomic E-state index is 16.4. The number of carbonyl (C=O) groups excluding carboxylic acids is 8. The van der Waals surface area contributed by atoms with E-state index in [2.05, 4.69) is 47.9 Å². The van der Waals surface area contributed by atoms with Gasteiger partial charge in [-0.2, -0.15) is 0 Å². The summed E-state index contributed by atoms with van der Waals surface area (Å²) >= 11 is 26.8. The molecule has 7 aromatic carbocycles. The molecule has 14 rings (SSSR count). The molecule has 10 unspecified atom stereocenters. The van der Waals surface area contributed by atoms with Gasteiger partial charge in [-0.15, -0.1) is 0 Å². The number of benzene rings is 7. The summed E-state index contributed by atoms with van der Waals surface area (Å²) in [5.74, 6) is -14.2. The first-order valence-electron chi connectivity index (χ1n) is 39.4. The smallest absolute Gasteiger partial charge is 0.248 e. The van der Waals surface area contributed by atoms with E-state index in [1.54, 1.807) is 56.3 Å². The average molecular weight is 1780 g/mol. The van der Waals surface area contributed by atoms with E-state index >= 15 is 24.0 Å². The second kappa shape index (κ2) is 39.6. The Morgan fingerprint density at radius 3 is 1.93 bits per heavy atom. The Kier molecular flexibility index (Phi) is 29.6. The van der Waals surface area contributed by atoms with E-state index in [4.69, 9.17) is 91.0 Å². The number of phenolic OH excluding ortho intramolecular Hbond substituents is 3. The Morgan fingerprint density at radius 2 is 1.30 bits per heavy atom. The molecule has 7 aliphatic heterocycles. The van der Waals surface area contributed by atoms with Crippen molar-refractivity contribution in [1.82, 2.24) is 47.9 Å². The second-order valence-electron chi connectivity index (χ2n) is 31.1. The lowest BCUT2D eigenvalue weighted by molar-refractivity contribution is -0.334. The fourth-order valence-electron chi connectivity index (χ4n) is 15.0. The van der Waals surface area contributed by atoms with Crippen LogP contribution in [0.2, 0.25) is 20.1 Å². The maximum Gasteiger partial charge on any atom is 0.248 e. The van der Waals surface area contributed by atoms with E-state index in [0.29, 0.717) is 28.6 Å². The number of nitrogens with two attached hydrogens (primary N) is 2. The maximum absolute atomic E-state index is 16.4. The van der Waals surface area contributed by atoms with Crippen LogP contribution in [0.1, 0.15) is 129 Å². The van der Waals surface area contributed by atoms with Gasteiger partial charge >= 0.3 is 0 Å². The molecule has 123 heavy (non-hydrogen) atoms. The number of unbranched alkanes of at least 4 members (excludes halogenated alkanes) is 1. The molecule has 2 fully saturated rings. The van der Waals surface area contributed by atoms with Crippen LogP contribution in [0.4, 0.5) is 0 Å². The third kappa shape index (κ3) is 21.2. The fraction of sp³-hybridized carbons (Fsp3) is 0.405. The average Bonchev–Trinajstić information content (AvgIpc) is 0.761. The molecular formula is C84H95Cl4N11O24. The number of aliphatic hydroxyl groups excluding tert-OH is 6. The van der Waals surface area contributed by atoms with E-state index in [0.717, 1.165) is 71.8 Å². The largest absolute Gasteiger partial charge is 0.508 e. The third-order valence-electron chi connectivity index (χ3n) is 21.7. The molecule has 7 heterocycles. The normalized spacial score (nSPS) is 26.2. The summed E-state index contributed by atoms with van der Waals surface area (Å²) < 4.78 is 45.7. The van der Waals surface area contributed by atoms with Gasteiger partial charge in [-0.1, -0.05) is 96.6 Å². The van der Waals surface area contributed by atoms with E-state index in [9.17, 15) is 60.3 Å². The molecule has 0 radical (unpaired) electrons. The summed E-state index contributed by atoms with van der Waals surface area (Å²) in [5, 5.41) is 131. The number of hydrogen-bond acceptors (Lipinski definition) is 27. The summed E-state index contributed by atoms with van der Waals surface area (Å²) in [6.07, 6.45) is -18.0. The number of rotatable bonds is 23. The highest BCUT2D eigenvalue weighted by atomic mass is 35.5. The number of primary amides is 1. The van der Waals surface area contributed by atoms with Crippen molar-refractivity contribution in [2.24, 2.45) is 17.4 Å². The van der Waals surface area contributed by atoms with Gasteiger partial charge in [0.2, 0.25) is 59.3 Å². The highest BCUT2D eigenvalue weighted by Gasteiger charge is 2.52. The topological polar surface area (TPSA) is 544 Å². The van der Waals surface area contributed by atoms with Crippen molar-refractivity contribution in [1.29, 1.82) is 0 Å². The van der Waals surface area contributed by atoms with E-state index in [1.807, 2.05) is 13.8 Å². The summed E-state index contributed by atoms with van der Waals surface area (Å²) in [6, 6.07) is 12.6. The molecule has 35 nitrogen and oxygen atoms in total. The van der Waals surface area contributed by atoms with Gasteiger partial charge in [-0.25, -0.2) is 0 Å². The Hall–Kier alpha value is -10.4. The second-order valence-corrected chi connectivity index (χ2v) is 32.7. The summed E-state index contributed by atoms with van der Waals surface area (Å²) in [7, 11) is 1.48. The van der Waals surface area contributed by atoms with Gasteiger partial charge in [0.05, 0.1) is 51.4 Å². The third-order valence-corrected chi connectivity index (χ3v) is 23.0. The van der Waals surface area contributed by atoms with Crippen molar-refractivity contribution >= 4 is 93.7 Å². The van der Waals surface area contributed by atoms with Crippen molar-refractivity contribution in [3.8, 4) is 62.9 Å². The molecule has 0 saturated carbocycles. The van der Waals surface area contributed by atoms with Crippen molar-refractivity contribution in [3.05, 3.63) is 180 Å². The molecule has 11 bridgehead atoms. The Bertz CT molecular complexity index is 5120. The molecule has 39 heteroatoms. The highest BCUT2D eigenvalue weighted by molar-refractivity contribution is 6.42. The Labute approximate surface area is 724 Å². The first-order valence-corrected chi connectivity index (χ1v) is 40.9. The van der Waals surface area contributed by atoms with Crippen molar-refractivity contribution < 1.29 is 117 Å². The van der Waals surface area contributed by atoms with E-state index in [1.165, 1.54) is 25.2 Å². The van der Waals surface area contributed by atoms with Crippen molar-refractivity contribution in [2.45, 2.75) is 182 Å². The number of carbonyl (C=O) groups is 8. The van der Waals surface area contributed by atoms with Crippen LogP contribution in [0.25, 0.3) is 11.1 Å². The number of phenols is 3. The number of fused-ring (bicyclic) bond motifs is 15. The zero-order valence-corrected chi connectivity index (χ0v) is 69.8. The predicted octanol–water partition coefficient (Wildman–Crippen LogP) is 4.59. The van der Waals surface area contributed by atoms with E-state index in [-0.39, 0.29) is 89.3 Å². The zero-order chi connectivity index (χ0) is 88.7. The number of amides is 8. The zero-order valence-electron chi connectivity index (χ0n) is 66.8. The lowest BCUT2D eigenvalue weighted by Crippen LogP contribution is -2.65. The van der Waals surface area contributed by atoms with Crippen LogP contribution in [0.15, 0.2) is 121 Å². The number of aliphatic hydroxyl groups is 6. The molecule has 0 spiro atoms. The van der Waals surface area contributed by atoms with Gasteiger partial charge in [0.15, 0.2) is 23.9 Å². The van der Waals surface area contributed by atoms with Crippen LogP contribution in [-0.4, -0.2) is 199 Å².